The van der Waals surface area contributed by atoms with Crippen molar-refractivity contribution >= 4 is 42.8 Å². The molecule has 0 heterocycles. The topological polar surface area (TPSA) is 87.4 Å². The van der Waals surface area contributed by atoms with Crippen LogP contribution in [0.3, 0.4) is 0 Å². The van der Waals surface area contributed by atoms with Crippen LogP contribution < -0.4 is 0 Å². The van der Waals surface area contributed by atoms with Crippen LogP contribution in [0, 0.1) is 11.3 Å². The third kappa shape index (κ3) is 4.61. The monoisotopic (exact) mass is 414 g/mol. The van der Waals surface area contributed by atoms with Gasteiger partial charge in [-0.2, -0.15) is 5.26 Å². The lowest BCUT2D eigenvalue weighted by atomic mass is 10.4. The van der Waals surface area contributed by atoms with Gasteiger partial charge in [-0.25, -0.2) is 17.0 Å². The Morgan fingerprint density at radius 2 is 1.40 bits per heavy atom. The second-order valence-electron chi connectivity index (χ2n) is 4.92. The maximum atomic E-state index is 12.7. The maximum absolute atomic E-state index is 12.7. The normalized spacial score (nSPS) is 14.4. The van der Waals surface area contributed by atoms with Crippen LogP contribution in [0.5, 0.6) is 0 Å². The minimum atomic E-state index is -4.08. The van der Waals surface area contributed by atoms with Gasteiger partial charge < -0.3 is 0 Å². The Morgan fingerprint density at radius 3 is 1.84 bits per heavy atom. The quantitative estimate of drug-likeness (QED) is 0.697. The van der Waals surface area contributed by atoms with E-state index in [2.05, 4.69) is 4.36 Å². The summed E-state index contributed by atoms with van der Waals surface area (Å²) in [5, 5.41) is 10.0. The number of rotatable bonds is 4. The summed E-state index contributed by atoms with van der Waals surface area (Å²) < 4.78 is 41.4. The molecule has 0 amide bonds. The number of benzene rings is 2. The summed E-state index contributed by atoms with van der Waals surface area (Å²) in [7, 11) is -7.01. The van der Waals surface area contributed by atoms with Crippen LogP contribution in [0.2, 0.25) is 10.0 Å². The number of sulfone groups is 1. The molecule has 1 atom stereocenters. The summed E-state index contributed by atoms with van der Waals surface area (Å²) in [4.78, 5) is -0.346. The largest absolute Gasteiger partial charge is 0.245 e. The van der Waals surface area contributed by atoms with Gasteiger partial charge in [0.05, 0.1) is 20.8 Å². The van der Waals surface area contributed by atoms with E-state index in [4.69, 9.17) is 23.2 Å². The van der Waals surface area contributed by atoms with Gasteiger partial charge in [0.2, 0.25) is 9.84 Å². The van der Waals surface area contributed by atoms with Gasteiger partial charge in [0.15, 0.2) is 4.91 Å². The van der Waals surface area contributed by atoms with Crippen molar-refractivity contribution in [2.24, 2.45) is 4.36 Å². The Bertz CT molecular complexity index is 1080. The Labute approximate surface area is 156 Å². The van der Waals surface area contributed by atoms with Crippen LogP contribution >= 0.6 is 23.2 Å². The molecule has 0 aliphatic heterocycles. The van der Waals surface area contributed by atoms with Gasteiger partial charge in [-0.15, -0.1) is 0 Å². The van der Waals surface area contributed by atoms with Gasteiger partial charge >= 0.3 is 0 Å². The van der Waals surface area contributed by atoms with E-state index in [9.17, 15) is 17.9 Å². The summed E-state index contributed by atoms with van der Waals surface area (Å²) in [5.74, 6) is 0. The van der Waals surface area contributed by atoms with E-state index in [-0.39, 0.29) is 4.90 Å². The van der Waals surface area contributed by atoms with Crippen molar-refractivity contribution in [3.63, 3.8) is 0 Å². The molecule has 0 saturated heterocycles. The molecule has 2 rings (SSSR count). The molecule has 0 aliphatic carbocycles. The molecule has 9 heteroatoms. The van der Waals surface area contributed by atoms with E-state index in [1.165, 1.54) is 42.7 Å². The molecule has 0 N–H and O–H groups in total. The first kappa shape index (κ1) is 19.5. The Morgan fingerprint density at radius 1 is 0.960 bits per heavy atom. The van der Waals surface area contributed by atoms with E-state index >= 15 is 0 Å². The highest BCUT2D eigenvalue weighted by atomic mass is 35.5. The number of halogens is 2. The Hall–Kier alpha value is -1.85. The van der Waals surface area contributed by atoms with Gasteiger partial charge in [-0.1, -0.05) is 23.2 Å². The standard InChI is InChI=1S/C16H12Cl2N2O3S2/c1-24(21,14-6-2-12(17)3-7-14)20-11-16(10-19)25(22,23)15-8-4-13(18)5-9-15/h2-9,11H,1H3/b16-11-. The summed E-state index contributed by atoms with van der Waals surface area (Å²) in [6.45, 7) is 0. The van der Waals surface area contributed by atoms with Gasteiger partial charge in [-0.3, -0.25) is 0 Å². The zero-order valence-electron chi connectivity index (χ0n) is 12.9. The third-order valence-corrected chi connectivity index (χ3v) is 6.97. The molecule has 130 valence electrons. The van der Waals surface area contributed by atoms with Crippen molar-refractivity contribution in [2.75, 3.05) is 6.26 Å². The smallest absolute Gasteiger partial charge is 0.218 e. The number of allylic oxidation sites excluding steroid dienone is 1. The molecule has 2 aromatic carbocycles. The zero-order valence-corrected chi connectivity index (χ0v) is 16.0. The van der Waals surface area contributed by atoms with Crippen molar-refractivity contribution in [1.29, 1.82) is 5.26 Å². The van der Waals surface area contributed by atoms with Crippen molar-refractivity contribution in [3.05, 3.63) is 69.7 Å². The summed E-state index contributed by atoms with van der Waals surface area (Å²) >= 11 is 11.5. The second-order valence-corrected chi connectivity index (χ2v) is 10.0. The summed E-state index contributed by atoms with van der Waals surface area (Å²) in [6, 6.07) is 13.1. The molecule has 0 aliphatic rings. The molecule has 0 spiro atoms. The van der Waals surface area contributed by atoms with E-state index in [0.717, 1.165) is 6.20 Å². The second kappa shape index (κ2) is 7.58. The summed E-state index contributed by atoms with van der Waals surface area (Å²) in [5.41, 5.74) is 0. The highest BCUT2D eigenvalue weighted by molar-refractivity contribution is 7.95. The molecule has 25 heavy (non-hydrogen) atoms. The number of nitriles is 1. The average molecular weight is 415 g/mol. The van der Waals surface area contributed by atoms with Crippen molar-refractivity contribution in [3.8, 4) is 6.07 Å². The fourth-order valence-electron chi connectivity index (χ4n) is 1.80. The predicted octanol–water partition coefficient (Wildman–Crippen LogP) is 4.29. The molecule has 0 radical (unpaired) electrons. The highest BCUT2D eigenvalue weighted by Gasteiger charge is 2.21. The van der Waals surface area contributed by atoms with E-state index in [1.54, 1.807) is 18.2 Å². The molecule has 0 aromatic heterocycles. The molecule has 1 unspecified atom stereocenters. The lowest BCUT2D eigenvalue weighted by molar-refractivity contribution is 0.603. The Balaban J connectivity index is 2.49. The van der Waals surface area contributed by atoms with Crippen LogP contribution in [-0.2, 0) is 19.6 Å². The zero-order chi connectivity index (χ0) is 18.7. The van der Waals surface area contributed by atoms with Crippen LogP contribution in [0.25, 0.3) is 0 Å². The van der Waals surface area contributed by atoms with E-state index in [0.29, 0.717) is 14.9 Å². The van der Waals surface area contributed by atoms with Crippen LogP contribution in [0.1, 0.15) is 0 Å². The van der Waals surface area contributed by atoms with Crippen molar-refractivity contribution in [2.45, 2.75) is 9.79 Å². The van der Waals surface area contributed by atoms with Crippen LogP contribution in [-0.4, -0.2) is 18.9 Å². The van der Waals surface area contributed by atoms with Crippen LogP contribution in [0.4, 0.5) is 0 Å². The van der Waals surface area contributed by atoms with Gasteiger partial charge in [0.25, 0.3) is 0 Å². The number of hydrogen-bond acceptors (Lipinski definition) is 5. The van der Waals surface area contributed by atoms with Crippen LogP contribution in [0.15, 0.2) is 73.8 Å². The van der Waals surface area contributed by atoms with Crippen molar-refractivity contribution in [1.82, 2.24) is 0 Å². The molecular formula is C16H12Cl2N2O3S2. The highest BCUT2D eigenvalue weighted by Crippen LogP contribution is 2.22. The molecule has 0 bridgehead atoms. The number of nitrogens with zero attached hydrogens (tertiary/aromatic N) is 2. The van der Waals surface area contributed by atoms with Crippen molar-refractivity contribution < 1.29 is 12.6 Å². The fraction of sp³-hybridized carbons (Fsp3) is 0.0625. The molecule has 5 nitrogen and oxygen atoms in total. The van der Waals surface area contributed by atoms with E-state index < -0.39 is 24.5 Å². The first-order valence-electron chi connectivity index (χ1n) is 6.74. The lowest BCUT2D eigenvalue weighted by Crippen LogP contribution is -2.04. The predicted molar refractivity (Wildman–Crippen MR) is 98.5 cm³/mol. The first-order valence-corrected chi connectivity index (χ1v) is 10.9. The van der Waals surface area contributed by atoms with Gasteiger partial charge in [0.1, 0.15) is 6.07 Å². The maximum Gasteiger partial charge on any atom is 0.218 e. The average Bonchev–Trinajstić information content (AvgIpc) is 2.56. The summed E-state index contributed by atoms with van der Waals surface area (Å²) in [6.07, 6.45) is 2.16. The molecular weight excluding hydrogens is 403 g/mol. The SMILES string of the molecule is CS(=O)(=N/C=C(/C#N)S(=O)(=O)c1ccc(Cl)cc1)c1ccc(Cl)cc1. The van der Waals surface area contributed by atoms with Gasteiger partial charge in [0, 0.05) is 21.2 Å². The first-order chi connectivity index (χ1) is 11.7. The van der Waals surface area contributed by atoms with E-state index in [1.807, 2.05) is 0 Å². The minimum absolute atomic E-state index is 0.103. The fourth-order valence-corrected chi connectivity index (χ4v) is 4.24. The minimum Gasteiger partial charge on any atom is -0.245 e. The molecule has 0 fully saturated rings. The third-order valence-electron chi connectivity index (χ3n) is 3.15. The lowest BCUT2D eigenvalue weighted by Gasteiger charge is -2.04. The number of hydrogen-bond donors (Lipinski definition) is 0. The Kier molecular flexibility index (Phi) is 5.91. The molecule has 0 saturated carbocycles. The molecule has 2 aromatic rings. The van der Waals surface area contributed by atoms with Gasteiger partial charge in [-0.05, 0) is 48.5 Å².